The summed E-state index contributed by atoms with van der Waals surface area (Å²) in [5, 5.41) is 15.5. The average molecular weight is 348 g/mol. The van der Waals surface area contributed by atoms with E-state index in [-0.39, 0.29) is 22.7 Å². The third kappa shape index (κ3) is 3.42. The number of nitrogens with one attached hydrogen (secondary N) is 1. The van der Waals surface area contributed by atoms with Crippen molar-refractivity contribution >= 4 is 28.1 Å². The predicted octanol–water partition coefficient (Wildman–Crippen LogP) is 5.30. The molecule has 0 aliphatic carbocycles. The summed E-state index contributed by atoms with van der Waals surface area (Å²) in [5.41, 5.74) is 1.67. The summed E-state index contributed by atoms with van der Waals surface area (Å²) in [6.45, 7) is 6.29. The van der Waals surface area contributed by atoms with Crippen molar-refractivity contribution in [3.05, 3.63) is 81.9 Å². The van der Waals surface area contributed by atoms with Gasteiger partial charge in [0.2, 0.25) is 0 Å². The maximum atomic E-state index is 12.6. The van der Waals surface area contributed by atoms with E-state index in [9.17, 15) is 14.9 Å². The number of carbonyl (C=O) groups is 1. The van der Waals surface area contributed by atoms with E-state index in [0.29, 0.717) is 10.9 Å². The zero-order chi connectivity index (χ0) is 18.9. The normalized spacial score (nSPS) is 11.3. The highest BCUT2D eigenvalue weighted by atomic mass is 16.6. The fourth-order valence-corrected chi connectivity index (χ4v) is 2.87. The Kier molecular flexibility index (Phi) is 4.47. The monoisotopic (exact) mass is 348 g/mol. The van der Waals surface area contributed by atoms with E-state index < -0.39 is 4.92 Å². The molecule has 0 unspecified atom stereocenters. The fourth-order valence-electron chi connectivity index (χ4n) is 2.87. The molecular weight excluding hydrogens is 328 g/mol. The summed E-state index contributed by atoms with van der Waals surface area (Å²) >= 11 is 0. The molecule has 0 saturated carbocycles. The molecule has 132 valence electrons. The molecular formula is C21H20N2O3. The molecule has 5 nitrogen and oxygen atoms in total. The Morgan fingerprint density at radius 3 is 2.23 bits per heavy atom. The van der Waals surface area contributed by atoms with Crippen molar-refractivity contribution in [2.24, 2.45) is 0 Å². The van der Waals surface area contributed by atoms with Gasteiger partial charge in [0, 0.05) is 5.56 Å². The highest BCUT2D eigenvalue weighted by Gasteiger charge is 2.21. The van der Waals surface area contributed by atoms with Crippen molar-refractivity contribution in [2.75, 3.05) is 5.32 Å². The van der Waals surface area contributed by atoms with E-state index in [2.05, 4.69) is 26.1 Å². The van der Waals surface area contributed by atoms with E-state index in [1.54, 1.807) is 42.5 Å². The molecule has 1 N–H and O–H groups in total. The minimum absolute atomic E-state index is 0.00780. The third-order valence-electron chi connectivity index (χ3n) is 4.34. The third-order valence-corrected chi connectivity index (χ3v) is 4.34. The van der Waals surface area contributed by atoms with E-state index >= 15 is 0 Å². The van der Waals surface area contributed by atoms with Gasteiger partial charge in [-0.05, 0) is 40.6 Å². The topological polar surface area (TPSA) is 72.2 Å². The molecule has 3 aromatic rings. The van der Waals surface area contributed by atoms with Gasteiger partial charge in [0.15, 0.2) is 0 Å². The molecule has 3 aromatic carbocycles. The lowest BCUT2D eigenvalue weighted by atomic mass is 9.87. The number of benzene rings is 3. The second kappa shape index (κ2) is 6.59. The molecule has 26 heavy (non-hydrogen) atoms. The smallest absolute Gasteiger partial charge is 0.300 e. The van der Waals surface area contributed by atoms with Gasteiger partial charge in [-0.25, -0.2) is 0 Å². The van der Waals surface area contributed by atoms with Crippen LogP contribution in [0.4, 0.5) is 11.4 Å². The average Bonchev–Trinajstić information content (AvgIpc) is 2.60. The highest BCUT2D eigenvalue weighted by molar-refractivity contribution is 6.08. The first-order valence-electron chi connectivity index (χ1n) is 8.35. The minimum Gasteiger partial charge on any atom is -0.316 e. The summed E-state index contributed by atoms with van der Waals surface area (Å²) < 4.78 is 0. The predicted molar refractivity (Wildman–Crippen MR) is 104 cm³/mol. The van der Waals surface area contributed by atoms with Crippen molar-refractivity contribution in [2.45, 2.75) is 26.2 Å². The van der Waals surface area contributed by atoms with Crippen molar-refractivity contribution in [1.82, 2.24) is 0 Å². The molecule has 0 aromatic heterocycles. The number of fused-ring (bicyclic) bond motifs is 1. The molecule has 0 atom stereocenters. The van der Waals surface area contributed by atoms with Crippen LogP contribution in [0, 0.1) is 10.1 Å². The van der Waals surface area contributed by atoms with Crippen molar-refractivity contribution in [3.8, 4) is 0 Å². The van der Waals surface area contributed by atoms with Crippen molar-refractivity contribution in [1.29, 1.82) is 0 Å². The van der Waals surface area contributed by atoms with Crippen LogP contribution in [0.5, 0.6) is 0 Å². The lowest BCUT2D eigenvalue weighted by molar-refractivity contribution is -0.382. The summed E-state index contributed by atoms with van der Waals surface area (Å²) in [5.74, 6) is -0.371. The van der Waals surface area contributed by atoms with Crippen molar-refractivity contribution < 1.29 is 9.72 Å². The van der Waals surface area contributed by atoms with Crippen LogP contribution in [0.25, 0.3) is 10.8 Å². The Labute approximate surface area is 151 Å². The molecule has 0 aliphatic heterocycles. The van der Waals surface area contributed by atoms with Gasteiger partial charge >= 0.3 is 5.69 Å². The van der Waals surface area contributed by atoms with E-state index in [1.165, 1.54) is 0 Å². The van der Waals surface area contributed by atoms with Gasteiger partial charge in [-0.1, -0.05) is 57.2 Å². The second-order valence-electron chi connectivity index (χ2n) is 7.22. The maximum Gasteiger partial charge on any atom is 0.300 e. The molecule has 0 bridgehead atoms. The Hall–Kier alpha value is -3.21. The number of nitro groups is 1. The Balaban J connectivity index is 1.94. The van der Waals surface area contributed by atoms with Gasteiger partial charge in [0.25, 0.3) is 5.91 Å². The van der Waals surface area contributed by atoms with E-state index in [0.717, 1.165) is 10.9 Å². The lowest BCUT2D eigenvalue weighted by Gasteiger charge is -2.19. The summed E-state index contributed by atoms with van der Waals surface area (Å²) in [6.07, 6.45) is 0. The molecule has 1 amide bonds. The van der Waals surface area contributed by atoms with Crippen LogP contribution < -0.4 is 5.32 Å². The number of nitrogens with zero attached hydrogens (tertiary/aromatic N) is 1. The van der Waals surface area contributed by atoms with Gasteiger partial charge < -0.3 is 5.32 Å². The number of anilines is 1. The van der Waals surface area contributed by atoms with Gasteiger partial charge in [-0.2, -0.15) is 0 Å². The number of amides is 1. The standard InChI is InChI=1S/C21H20N2O3/c1-21(2,3)16-11-8-15(9-12-16)20(24)22-18-13-10-14-6-4-5-7-17(14)19(18)23(25)26/h4-13H,1-3H3,(H,22,24). The molecule has 0 aliphatic rings. The second-order valence-corrected chi connectivity index (χ2v) is 7.22. The Morgan fingerprint density at radius 1 is 0.962 bits per heavy atom. The first-order chi connectivity index (χ1) is 12.3. The van der Waals surface area contributed by atoms with Crippen LogP contribution in [-0.2, 0) is 5.41 Å². The number of hydrogen-bond acceptors (Lipinski definition) is 3. The largest absolute Gasteiger partial charge is 0.316 e. The number of hydrogen-bond donors (Lipinski definition) is 1. The van der Waals surface area contributed by atoms with E-state index in [4.69, 9.17) is 0 Å². The quantitative estimate of drug-likeness (QED) is 0.516. The van der Waals surface area contributed by atoms with Gasteiger partial charge in [0.05, 0.1) is 10.3 Å². The van der Waals surface area contributed by atoms with Gasteiger partial charge in [0.1, 0.15) is 5.69 Å². The summed E-state index contributed by atoms with van der Waals surface area (Å²) in [7, 11) is 0. The number of nitro benzene ring substituents is 1. The van der Waals surface area contributed by atoms with Gasteiger partial charge in [-0.3, -0.25) is 14.9 Å². The van der Waals surface area contributed by atoms with Crippen LogP contribution in [-0.4, -0.2) is 10.8 Å². The molecule has 5 heteroatoms. The lowest BCUT2D eigenvalue weighted by Crippen LogP contribution is -2.15. The molecule has 0 saturated heterocycles. The molecule has 0 radical (unpaired) electrons. The van der Waals surface area contributed by atoms with Crippen LogP contribution in [0.15, 0.2) is 60.7 Å². The molecule has 0 spiro atoms. The van der Waals surface area contributed by atoms with Crippen LogP contribution >= 0.6 is 0 Å². The Bertz CT molecular complexity index is 986. The van der Waals surface area contributed by atoms with Crippen LogP contribution in [0.2, 0.25) is 0 Å². The van der Waals surface area contributed by atoms with Crippen LogP contribution in [0.1, 0.15) is 36.7 Å². The molecule has 0 fully saturated rings. The zero-order valence-electron chi connectivity index (χ0n) is 14.9. The SMILES string of the molecule is CC(C)(C)c1ccc(C(=O)Nc2ccc3ccccc3c2[N+](=O)[O-])cc1. The van der Waals surface area contributed by atoms with Gasteiger partial charge in [-0.15, -0.1) is 0 Å². The minimum atomic E-state index is -0.458. The first kappa shape index (κ1) is 17.6. The zero-order valence-corrected chi connectivity index (χ0v) is 14.9. The fraction of sp³-hybridized carbons (Fsp3) is 0.190. The summed E-state index contributed by atoms with van der Waals surface area (Å²) in [4.78, 5) is 23.7. The Morgan fingerprint density at radius 2 is 1.62 bits per heavy atom. The van der Waals surface area contributed by atoms with E-state index in [1.807, 2.05) is 18.2 Å². The number of carbonyl (C=O) groups excluding carboxylic acids is 1. The van der Waals surface area contributed by atoms with Crippen LogP contribution in [0.3, 0.4) is 0 Å². The molecule has 0 heterocycles. The first-order valence-corrected chi connectivity index (χ1v) is 8.35. The number of rotatable bonds is 3. The highest BCUT2D eigenvalue weighted by Crippen LogP contribution is 2.33. The van der Waals surface area contributed by atoms with Crippen molar-refractivity contribution in [3.63, 3.8) is 0 Å². The summed E-state index contributed by atoms with van der Waals surface area (Å²) in [6, 6.07) is 17.7. The maximum absolute atomic E-state index is 12.6. The molecule has 3 rings (SSSR count).